The molecule has 0 unspecified atom stereocenters. The largest absolute Gasteiger partial charge is 0.494 e. The van der Waals surface area contributed by atoms with Gasteiger partial charge in [0, 0.05) is 11.5 Å². The Hall–Kier alpha value is -2.44. The number of methoxy groups -OCH3 is 1. The fourth-order valence-electron chi connectivity index (χ4n) is 2.06. The van der Waals surface area contributed by atoms with Gasteiger partial charge in [0.05, 0.1) is 18.5 Å². The van der Waals surface area contributed by atoms with Crippen LogP contribution >= 0.6 is 0 Å². The van der Waals surface area contributed by atoms with Gasteiger partial charge in [0.2, 0.25) is 0 Å². The van der Waals surface area contributed by atoms with Crippen LogP contribution in [0.1, 0.15) is 37.0 Å². The standard InChI is InChI=1S/C14H16FN3O3/c1-14(2,3)12-11(13(19)20)16-17-18(12)8-5-6-9(15)10(7-8)21-4/h5-7H,1-4H3,(H,19,20). The Morgan fingerprint density at radius 2 is 2.05 bits per heavy atom. The Labute approximate surface area is 121 Å². The van der Waals surface area contributed by atoms with Gasteiger partial charge in [-0.25, -0.2) is 13.9 Å². The summed E-state index contributed by atoms with van der Waals surface area (Å²) < 4.78 is 19.8. The summed E-state index contributed by atoms with van der Waals surface area (Å²) in [5.41, 5.74) is 0.298. The van der Waals surface area contributed by atoms with Crippen LogP contribution in [-0.2, 0) is 5.41 Å². The Morgan fingerprint density at radius 3 is 2.57 bits per heavy atom. The maximum absolute atomic E-state index is 13.5. The molecule has 7 heteroatoms. The zero-order valence-electron chi connectivity index (χ0n) is 12.2. The number of carboxylic acid groups (broad SMARTS) is 1. The van der Waals surface area contributed by atoms with Crippen molar-refractivity contribution in [2.75, 3.05) is 7.11 Å². The normalized spacial score (nSPS) is 11.5. The topological polar surface area (TPSA) is 77.2 Å². The first kappa shape index (κ1) is 15.0. The lowest BCUT2D eigenvalue weighted by Gasteiger charge is -2.20. The molecule has 0 aliphatic heterocycles. The zero-order chi connectivity index (χ0) is 15.8. The summed E-state index contributed by atoms with van der Waals surface area (Å²) in [4.78, 5) is 11.3. The van der Waals surface area contributed by atoms with Crippen molar-refractivity contribution in [1.82, 2.24) is 15.0 Å². The van der Waals surface area contributed by atoms with Crippen LogP contribution in [0.15, 0.2) is 18.2 Å². The number of hydrogen-bond acceptors (Lipinski definition) is 4. The Kier molecular flexibility index (Phi) is 3.67. The number of nitrogens with zero attached hydrogens (tertiary/aromatic N) is 3. The molecular formula is C14H16FN3O3. The molecule has 0 aliphatic carbocycles. The molecule has 0 amide bonds. The van der Waals surface area contributed by atoms with E-state index in [-0.39, 0.29) is 11.4 Å². The van der Waals surface area contributed by atoms with Crippen molar-refractivity contribution in [3.8, 4) is 11.4 Å². The van der Waals surface area contributed by atoms with E-state index >= 15 is 0 Å². The third kappa shape index (κ3) is 2.72. The van der Waals surface area contributed by atoms with Crippen LogP contribution in [-0.4, -0.2) is 33.2 Å². The zero-order valence-corrected chi connectivity index (χ0v) is 12.2. The van der Waals surface area contributed by atoms with Crippen molar-refractivity contribution < 1.29 is 19.0 Å². The van der Waals surface area contributed by atoms with Crippen LogP contribution in [0.5, 0.6) is 5.75 Å². The van der Waals surface area contributed by atoms with Gasteiger partial charge in [0.1, 0.15) is 0 Å². The summed E-state index contributed by atoms with van der Waals surface area (Å²) in [6, 6.07) is 4.18. The van der Waals surface area contributed by atoms with Crippen LogP contribution < -0.4 is 4.74 Å². The monoisotopic (exact) mass is 293 g/mol. The van der Waals surface area contributed by atoms with E-state index in [9.17, 15) is 14.3 Å². The van der Waals surface area contributed by atoms with E-state index in [0.29, 0.717) is 11.4 Å². The van der Waals surface area contributed by atoms with Crippen molar-refractivity contribution >= 4 is 5.97 Å². The van der Waals surface area contributed by atoms with E-state index in [1.807, 2.05) is 20.8 Å². The number of rotatable bonds is 3. The highest BCUT2D eigenvalue weighted by atomic mass is 19.1. The van der Waals surface area contributed by atoms with E-state index in [2.05, 4.69) is 10.3 Å². The fraction of sp³-hybridized carbons (Fsp3) is 0.357. The number of benzene rings is 1. The van der Waals surface area contributed by atoms with Crippen LogP contribution in [0.4, 0.5) is 4.39 Å². The summed E-state index contributed by atoms with van der Waals surface area (Å²) >= 11 is 0. The fourth-order valence-corrected chi connectivity index (χ4v) is 2.06. The lowest BCUT2D eigenvalue weighted by molar-refractivity contribution is 0.0687. The van der Waals surface area contributed by atoms with Gasteiger partial charge >= 0.3 is 5.97 Å². The van der Waals surface area contributed by atoms with Gasteiger partial charge in [-0.1, -0.05) is 26.0 Å². The van der Waals surface area contributed by atoms with Gasteiger partial charge in [-0.2, -0.15) is 0 Å². The molecular weight excluding hydrogens is 277 g/mol. The molecule has 0 atom stereocenters. The quantitative estimate of drug-likeness (QED) is 0.940. The molecule has 0 fully saturated rings. The third-order valence-corrected chi connectivity index (χ3v) is 2.96. The van der Waals surface area contributed by atoms with E-state index in [4.69, 9.17) is 4.74 Å². The van der Waals surface area contributed by atoms with Crippen LogP contribution in [0.2, 0.25) is 0 Å². The Bertz CT molecular complexity index is 689. The van der Waals surface area contributed by atoms with Crippen molar-refractivity contribution in [3.05, 3.63) is 35.4 Å². The molecule has 21 heavy (non-hydrogen) atoms. The van der Waals surface area contributed by atoms with Gasteiger partial charge in [-0.05, 0) is 12.1 Å². The summed E-state index contributed by atoms with van der Waals surface area (Å²) in [6.07, 6.45) is 0. The predicted octanol–water partition coefficient (Wildman–Crippen LogP) is 2.41. The second-order valence-corrected chi connectivity index (χ2v) is 5.57. The minimum absolute atomic E-state index is 0.0553. The highest BCUT2D eigenvalue weighted by molar-refractivity contribution is 5.87. The number of aromatic nitrogens is 3. The van der Waals surface area contributed by atoms with Crippen LogP contribution in [0.3, 0.4) is 0 Å². The second kappa shape index (κ2) is 5.16. The molecule has 2 aromatic rings. The molecule has 112 valence electrons. The molecule has 1 aromatic heterocycles. The molecule has 6 nitrogen and oxygen atoms in total. The maximum atomic E-state index is 13.5. The molecule has 1 N–H and O–H groups in total. The molecule has 0 radical (unpaired) electrons. The van der Waals surface area contributed by atoms with Gasteiger partial charge < -0.3 is 9.84 Å². The molecule has 0 aliphatic rings. The predicted molar refractivity (Wildman–Crippen MR) is 73.5 cm³/mol. The highest BCUT2D eigenvalue weighted by Crippen LogP contribution is 2.29. The van der Waals surface area contributed by atoms with E-state index in [1.54, 1.807) is 0 Å². The third-order valence-electron chi connectivity index (χ3n) is 2.96. The first-order valence-corrected chi connectivity index (χ1v) is 6.29. The lowest BCUT2D eigenvalue weighted by Crippen LogP contribution is -2.21. The van der Waals surface area contributed by atoms with E-state index in [0.717, 1.165) is 0 Å². The van der Waals surface area contributed by atoms with Crippen molar-refractivity contribution in [2.45, 2.75) is 26.2 Å². The summed E-state index contributed by atoms with van der Waals surface area (Å²) in [5.74, 6) is -1.60. The maximum Gasteiger partial charge on any atom is 0.358 e. The van der Waals surface area contributed by atoms with Crippen LogP contribution in [0.25, 0.3) is 5.69 Å². The Balaban J connectivity index is 2.67. The average molecular weight is 293 g/mol. The number of hydrogen-bond donors (Lipinski definition) is 1. The SMILES string of the molecule is COc1cc(-n2nnc(C(=O)O)c2C(C)(C)C)ccc1F. The summed E-state index contributed by atoms with van der Waals surface area (Å²) in [5, 5.41) is 16.8. The van der Waals surface area contributed by atoms with Gasteiger partial charge in [0.15, 0.2) is 17.3 Å². The summed E-state index contributed by atoms with van der Waals surface area (Å²) in [7, 11) is 1.36. The van der Waals surface area contributed by atoms with Crippen molar-refractivity contribution in [2.24, 2.45) is 0 Å². The number of aromatic carboxylic acids is 1. The smallest absolute Gasteiger partial charge is 0.358 e. The molecule has 0 bridgehead atoms. The average Bonchev–Trinajstić information content (AvgIpc) is 2.84. The summed E-state index contributed by atoms with van der Waals surface area (Å²) in [6.45, 7) is 5.57. The molecule has 1 aromatic carbocycles. The molecule has 0 saturated carbocycles. The number of halogens is 1. The van der Waals surface area contributed by atoms with Crippen molar-refractivity contribution in [1.29, 1.82) is 0 Å². The van der Waals surface area contributed by atoms with E-state index < -0.39 is 17.2 Å². The Morgan fingerprint density at radius 1 is 1.38 bits per heavy atom. The number of carboxylic acids is 1. The van der Waals surface area contributed by atoms with Gasteiger partial charge in [-0.3, -0.25) is 0 Å². The van der Waals surface area contributed by atoms with E-state index in [1.165, 1.54) is 30.0 Å². The number of ether oxygens (including phenoxy) is 1. The van der Waals surface area contributed by atoms with Crippen molar-refractivity contribution in [3.63, 3.8) is 0 Å². The van der Waals surface area contributed by atoms with Gasteiger partial charge in [0.25, 0.3) is 0 Å². The molecule has 0 saturated heterocycles. The number of carbonyl (C=O) groups is 1. The molecule has 0 spiro atoms. The first-order chi connectivity index (χ1) is 9.75. The van der Waals surface area contributed by atoms with Crippen LogP contribution in [0, 0.1) is 5.82 Å². The molecule has 2 rings (SSSR count). The highest BCUT2D eigenvalue weighted by Gasteiger charge is 2.29. The molecule has 1 heterocycles. The lowest BCUT2D eigenvalue weighted by atomic mass is 9.90. The van der Waals surface area contributed by atoms with Gasteiger partial charge in [-0.15, -0.1) is 5.10 Å². The second-order valence-electron chi connectivity index (χ2n) is 5.57. The minimum atomic E-state index is -1.15. The first-order valence-electron chi connectivity index (χ1n) is 6.29. The minimum Gasteiger partial charge on any atom is -0.494 e.